The summed E-state index contributed by atoms with van der Waals surface area (Å²) in [6.07, 6.45) is 0. The van der Waals surface area contributed by atoms with Crippen LogP contribution in [0, 0.1) is 11.6 Å². The van der Waals surface area contributed by atoms with Gasteiger partial charge in [-0.2, -0.15) is 4.99 Å². The van der Waals surface area contributed by atoms with E-state index >= 15 is 0 Å². The molecule has 0 fully saturated rings. The van der Waals surface area contributed by atoms with Crippen LogP contribution in [0.5, 0.6) is 0 Å². The highest BCUT2D eigenvalue weighted by Crippen LogP contribution is 2.19. The molecule has 0 aliphatic heterocycles. The lowest BCUT2D eigenvalue weighted by molar-refractivity contribution is 0.510. The fourth-order valence-corrected chi connectivity index (χ4v) is 0.859. The van der Waals surface area contributed by atoms with Crippen molar-refractivity contribution in [2.24, 2.45) is 27.2 Å². The van der Waals surface area contributed by atoms with E-state index in [1.807, 2.05) is 0 Å². The Morgan fingerprint density at radius 3 is 2.40 bits per heavy atom. The van der Waals surface area contributed by atoms with Crippen LogP contribution in [0.2, 0.25) is 0 Å². The minimum Gasteiger partial charge on any atom is -0.370 e. The summed E-state index contributed by atoms with van der Waals surface area (Å²) in [5.74, 6) is -2.78. The molecule has 0 unspecified atom stereocenters. The number of aliphatic imine (C=N–C) groups is 2. The van der Waals surface area contributed by atoms with Gasteiger partial charge in [-0.1, -0.05) is 6.07 Å². The number of nitrogens with zero attached hydrogens (tertiary/aromatic N) is 2. The van der Waals surface area contributed by atoms with Crippen molar-refractivity contribution < 1.29 is 8.78 Å². The summed E-state index contributed by atoms with van der Waals surface area (Å²) in [5.41, 5.74) is 15.0. The molecule has 0 spiro atoms. The fourth-order valence-electron chi connectivity index (χ4n) is 0.859. The number of benzene rings is 1. The first kappa shape index (κ1) is 10.9. The molecule has 0 heterocycles. The van der Waals surface area contributed by atoms with Gasteiger partial charge in [-0.25, -0.2) is 13.8 Å². The van der Waals surface area contributed by atoms with Gasteiger partial charge in [0, 0.05) is 0 Å². The summed E-state index contributed by atoms with van der Waals surface area (Å²) in [6.45, 7) is 0. The predicted molar refractivity (Wildman–Crippen MR) is 53.5 cm³/mol. The molecular formula is C8H9F2N5. The van der Waals surface area contributed by atoms with Crippen molar-refractivity contribution in [2.45, 2.75) is 0 Å². The van der Waals surface area contributed by atoms with Crippen molar-refractivity contribution in [3.63, 3.8) is 0 Å². The number of hydrogen-bond acceptors (Lipinski definition) is 1. The minimum atomic E-state index is -1.11. The van der Waals surface area contributed by atoms with Crippen molar-refractivity contribution >= 4 is 17.6 Å². The molecule has 1 aromatic carbocycles. The van der Waals surface area contributed by atoms with Gasteiger partial charge in [0.2, 0.25) is 5.96 Å². The summed E-state index contributed by atoms with van der Waals surface area (Å²) < 4.78 is 25.8. The van der Waals surface area contributed by atoms with Crippen molar-refractivity contribution in [3.8, 4) is 0 Å². The molecule has 0 saturated carbocycles. The second kappa shape index (κ2) is 4.36. The third-order valence-electron chi connectivity index (χ3n) is 1.41. The van der Waals surface area contributed by atoms with E-state index in [0.717, 1.165) is 6.07 Å². The van der Waals surface area contributed by atoms with Crippen LogP contribution in [0.25, 0.3) is 0 Å². The van der Waals surface area contributed by atoms with Crippen LogP contribution >= 0.6 is 0 Å². The molecule has 80 valence electrons. The summed E-state index contributed by atoms with van der Waals surface area (Å²) in [6, 6.07) is 3.50. The van der Waals surface area contributed by atoms with Crippen LogP contribution in [0.1, 0.15) is 0 Å². The Morgan fingerprint density at radius 2 is 1.80 bits per heavy atom. The topological polar surface area (TPSA) is 103 Å². The first-order valence-electron chi connectivity index (χ1n) is 3.88. The van der Waals surface area contributed by atoms with Crippen molar-refractivity contribution in [1.82, 2.24) is 0 Å². The lowest BCUT2D eigenvalue weighted by atomic mass is 10.3. The first-order chi connectivity index (χ1) is 7.00. The molecule has 0 aliphatic carbocycles. The Balaban J connectivity index is 3.09. The van der Waals surface area contributed by atoms with E-state index in [0.29, 0.717) is 0 Å². The van der Waals surface area contributed by atoms with Crippen LogP contribution in [0.4, 0.5) is 14.5 Å². The van der Waals surface area contributed by atoms with E-state index in [-0.39, 0.29) is 17.6 Å². The number of rotatable bonds is 1. The Morgan fingerprint density at radius 1 is 1.13 bits per heavy atom. The van der Waals surface area contributed by atoms with Crippen LogP contribution in [0.3, 0.4) is 0 Å². The summed E-state index contributed by atoms with van der Waals surface area (Å²) in [4.78, 5) is 6.85. The second-order valence-electron chi connectivity index (χ2n) is 2.58. The first-order valence-corrected chi connectivity index (χ1v) is 3.88. The van der Waals surface area contributed by atoms with E-state index in [1.54, 1.807) is 0 Å². The van der Waals surface area contributed by atoms with Gasteiger partial charge in [0.15, 0.2) is 17.6 Å². The summed E-state index contributed by atoms with van der Waals surface area (Å²) >= 11 is 0. The second-order valence-corrected chi connectivity index (χ2v) is 2.58. The number of halogens is 2. The molecule has 15 heavy (non-hydrogen) atoms. The van der Waals surface area contributed by atoms with E-state index < -0.39 is 11.6 Å². The molecule has 0 radical (unpaired) electrons. The highest BCUT2D eigenvalue weighted by atomic mass is 19.2. The Kier molecular flexibility index (Phi) is 3.17. The molecule has 1 rings (SSSR count). The zero-order valence-corrected chi connectivity index (χ0v) is 7.61. The normalized spacial score (nSPS) is 11.2. The highest BCUT2D eigenvalue weighted by molar-refractivity contribution is 5.93. The van der Waals surface area contributed by atoms with Gasteiger partial charge >= 0.3 is 0 Å². The van der Waals surface area contributed by atoms with E-state index in [9.17, 15) is 8.78 Å². The third-order valence-corrected chi connectivity index (χ3v) is 1.41. The van der Waals surface area contributed by atoms with E-state index in [2.05, 4.69) is 9.98 Å². The molecule has 1 aromatic rings. The van der Waals surface area contributed by atoms with Gasteiger partial charge in [-0.3, -0.25) is 0 Å². The molecule has 0 amide bonds. The summed E-state index contributed by atoms with van der Waals surface area (Å²) in [5, 5.41) is 0. The minimum absolute atomic E-state index is 0.266. The van der Waals surface area contributed by atoms with Gasteiger partial charge < -0.3 is 17.2 Å². The average molecular weight is 213 g/mol. The van der Waals surface area contributed by atoms with Gasteiger partial charge in [0.05, 0.1) is 0 Å². The molecule has 0 aliphatic rings. The zero-order chi connectivity index (χ0) is 11.4. The van der Waals surface area contributed by atoms with Crippen LogP contribution in [-0.2, 0) is 0 Å². The Labute approximate surface area is 84.3 Å². The molecular weight excluding hydrogens is 204 g/mol. The maximum Gasteiger partial charge on any atom is 0.223 e. The maximum atomic E-state index is 13.1. The molecule has 5 nitrogen and oxygen atoms in total. The maximum absolute atomic E-state index is 13.1. The Bertz CT molecular complexity index is 423. The monoisotopic (exact) mass is 213 g/mol. The number of hydrogen-bond donors (Lipinski definition) is 3. The van der Waals surface area contributed by atoms with Crippen LogP contribution < -0.4 is 17.2 Å². The highest BCUT2D eigenvalue weighted by Gasteiger charge is 2.06. The van der Waals surface area contributed by atoms with Gasteiger partial charge in [-0.15, -0.1) is 0 Å². The quantitative estimate of drug-likeness (QED) is 0.458. The standard InChI is InChI=1S/C8H9F2N5/c9-4-2-1-3-5(6(4)10)14-8(13)15-7(11)12/h1-3H,(H6,11,12,13,14,15). The van der Waals surface area contributed by atoms with E-state index in [4.69, 9.17) is 17.2 Å². The van der Waals surface area contributed by atoms with Crippen molar-refractivity contribution in [3.05, 3.63) is 29.8 Å². The molecule has 6 N–H and O–H groups in total. The SMILES string of the molecule is NC(N)=NC(N)=Nc1cccc(F)c1F. The zero-order valence-electron chi connectivity index (χ0n) is 7.61. The van der Waals surface area contributed by atoms with Crippen molar-refractivity contribution in [1.29, 1.82) is 0 Å². The molecule has 0 aromatic heterocycles. The number of guanidine groups is 2. The van der Waals surface area contributed by atoms with Gasteiger partial charge in [0.25, 0.3) is 0 Å². The lowest BCUT2D eigenvalue weighted by Gasteiger charge is -1.98. The molecule has 0 bridgehead atoms. The number of nitrogens with two attached hydrogens (primary N) is 3. The molecule has 7 heteroatoms. The van der Waals surface area contributed by atoms with Crippen LogP contribution in [-0.4, -0.2) is 11.9 Å². The third kappa shape index (κ3) is 2.90. The average Bonchev–Trinajstić information content (AvgIpc) is 2.11. The summed E-state index contributed by atoms with van der Waals surface area (Å²) in [7, 11) is 0. The molecule has 0 saturated heterocycles. The lowest BCUT2D eigenvalue weighted by Crippen LogP contribution is -2.26. The Hall–Kier alpha value is -2.18. The van der Waals surface area contributed by atoms with Gasteiger partial charge in [-0.05, 0) is 12.1 Å². The van der Waals surface area contributed by atoms with Crippen LogP contribution in [0.15, 0.2) is 28.2 Å². The van der Waals surface area contributed by atoms with E-state index in [1.165, 1.54) is 12.1 Å². The van der Waals surface area contributed by atoms with Crippen molar-refractivity contribution in [2.75, 3.05) is 0 Å². The fraction of sp³-hybridized carbons (Fsp3) is 0. The predicted octanol–water partition coefficient (Wildman–Crippen LogP) is 0.184. The molecule has 0 atom stereocenters. The van der Waals surface area contributed by atoms with Gasteiger partial charge in [0.1, 0.15) is 5.69 Å². The largest absolute Gasteiger partial charge is 0.370 e. The smallest absolute Gasteiger partial charge is 0.223 e.